The lowest BCUT2D eigenvalue weighted by Gasteiger charge is -2.10. The number of amides is 1. The molecule has 1 unspecified atom stereocenters. The molecule has 0 spiro atoms. The lowest BCUT2D eigenvalue weighted by molar-refractivity contribution is -0.120. The number of carbonyl (C=O) groups excluding carboxylic acids is 1. The summed E-state index contributed by atoms with van der Waals surface area (Å²) in [6.45, 7) is 2.85. The molecule has 1 aromatic rings. The first-order valence-electron chi connectivity index (χ1n) is 5.96. The molecular formula is C13H17ClN2O. The van der Waals surface area contributed by atoms with Crippen LogP contribution in [0.2, 0.25) is 5.02 Å². The van der Waals surface area contributed by atoms with Crippen molar-refractivity contribution >= 4 is 17.5 Å². The van der Waals surface area contributed by atoms with Gasteiger partial charge in [0, 0.05) is 11.6 Å². The first kappa shape index (κ1) is 12.4. The van der Waals surface area contributed by atoms with Crippen LogP contribution in [-0.4, -0.2) is 25.5 Å². The molecule has 0 saturated carbocycles. The Balaban J connectivity index is 1.76. The number of nitrogens with one attached hydrogen (secondary N) is 2. The lowest BCUT2D eigenvalue weighted by Crippen LogP contribution is -2.31. The van der Waals surface area contributed by atoms with Gasteiger partial charge in [-0.1, -0.05) is 23.7 Å². The van der Waals surface area contributed by atoms with E-state index >= 15 is 0 Å². The van der Waals surface area contributed by atoms with Crippen LogP contribution in [0.1, 0.15) is 12.0 Å². The number of rotatable bonds is 4. The van der Waals surface area contributed by atoms with Crippen molar-refractivity contribution in [2.45, 2.75) is 12.8 Å². The van der Waals surface area contributed by atoms with Gasteiger partial charge >= 0.3 is 0 Å². The van der Waals surface area contributed by atoms with Gasteiger partial charge in [-0.3, -0.25) is 4.79 Å². The van der Waals surface area contributed by atoms with E-state index < -0.39 is 0 Å². The van der Waals surface area contributed by atoms with Gasteiger partial charge in [0.2, 0.25) is 5.91 Å². The standard InChI is InChI=1S/C13H17ClN2O/c14-12-3-1-2-10(6-12)7-13(17)16-9-11-4-5-15-8-11/h1-3,6,11,15H,4-5,7-9H2,(H,16,17). The highest BCUT2D eigenvalue weighted by atomic mass is 35.5. The second-order valence-electron chi connectivity index (χ2n) is 4.47. The summed E-state index contributed by atoms with van der Waals surface area (Å²) in [6, 6.07) is 7.43. The van der Waals surface area contributed by atoms with Crippen LogP contribution in [0.4, 0.5) is 0 Å². The average Bonchev–Trinajstić information content (AvgIpc) is 2.79. The molecule has 0 aliphatic carbocycles. The minimum Gasteiger partial charge on any atom is -0.355 e. The summed E-state index contributed by atoms with van der Waals surface area (Å²) in [5.41, 5.74) is 0.958. The Kier molecular flexibility index (Phi) is 4.40. The predicted molar refractivity (Wildman–Crippen MR) is 69.1 cm³/mol. The van der Waals surface area contributed by atoms with Gasteiger partial charge in [0.15, 0.2) is 0 Å². The van der Waals surface area contributed by atoms with E-state index in [-0.39, 0.29) is 5.91 Å². The molecule has 1 atom stereocenters. The maximum Gasteiger partial charge on any atom is 0.224 e. The van der Waals surface area contributed by atoms with E-state index in [1.165, 1.54) is 0 Å². The van der Waals surface area contributed by atoms with Crippen molar-refractivity contribution in [3.8, 4) is 0 Å². The minimum atomic E-state index is 0.0687. The van der Waals surface area contributed by atoms with Gasteiger partial charge in [-0.2, -0.15) is 0 Å². The first-order chi connectivity index (χ1) is 8.24. The summed E-state index contributed by atoms with van der Waals surface area (Å²) in [4.78, 5) is 11.7. The maximum absolute atomic E-state index is 11.7. The Morgan fingerprint density at radius 2 is 2.41 bits per heavy atom. The quantitative estimate of drug-likeness (QED) is 0.855. The van der Waals surface area contributed by atoms with Gasteiger partial charge < -0.3 is 10.6 Å². The molecule has 1 amide bonds. The molecule has 1 saturated heterocycles. The molecule has 3 nitrogen and oxygen atoms in total. The summed E-state index contributed by atoms with van der Waals surface area (Å²) < 4.78 is 0. The fraction of sp³-hybridized carbons (Fsp3) is 0.462. The summed E-state index contributed by atoms with van der Waals surface area (Å²) in [5.74, 6) is 0.650. The number of hydrogen-bond acceptors (Lipinski definition) is 2. The third-order valence-corrected chi connectivity index (χ3v) is 3.24. The Morgan fingerprint density at radius 1 is 1.53 bits per heavy atom. The monoisotopic (exact) mass is 252 g/mol. The Labute approximate surface area is 107 Å². The highest BCUT2D eigenvalue weighted by molar-refractivity contribution is 6.30. The zero-order valence-corrected chi connectivity index (χ0v) is 10.5. The van der Waals surface area contributed by atoms with Gasteiger partial charge in [0.25, 0.3) is 0 Å². The zero-order valence-electron chi connectivity index (χ0n) is 9.71. The van der Waals surface area contributed by atoms with Crippen molar-refractivity contribution in [2.75, 3.05) is 19.6 Å². The molecule has 1 fully saturated rings. The number of benzene rings is 1. The van der Waals surface area contributed by atoms with Gasteiger partial charge in [-0.05, 0) is 43.1 Å². The van der Waals surface area contributed by atoms with E-state index in [4.69, 9.17) is 11.6 Å². The second-order valence-corrected chi connectivity index (χ2v) is 4.91. The molecule has 92 valence electrons. The van der Waals surface area contributed by atoms with E-state index in [1.54, 1.807) is 0 Å². The van der Waals surface area contributed by atoms with Crippen LogP contribution in [0.5, 0.6) is 0 Å². The van der Waals surface area contributed by atoms with E-state index in [2.05, 4.69) is 10.6 Å². The van der Waals surface area contributed by atoms with Crippen LogP contribution < -0.4 is 10.6 Å². The maximum atomic E-state index is 11.7. The van der Waals surface area contributed by atoms with Crippen LogP contribution >= 0.6 is 11.6 Å². The van der Waals surface area contributed by atoms with Crippen molar-refractivity contribution < 1.29 is 4.79 Å². The minimum absolute atomic E-state index is 0.0687. The predicted octanol–water partition coefficient (Wildman–Crippen LogP) is 1.61. The number of carbonyl (C=O) groups is 1. The molecule has 2 N–H and O–H groups in total. The van der Waals surface area contributed by atoms with Crippen LogP contribution in [0, 0.1) is 5.92 Å². The van der Waals surface area contributed by atoms with Crippen LogP contribution in [-0.2, 0) is 11.2 Å². The fourth-order valence-corrected chi connectivity index (χ4v) is 2.25. The summed E-state index contributed by atoms with van der Waals surface area (Å²) >= 11 is 5.87. The summed E-state index contributed by atoms with van der Waals surface area (Å²) in [7, 11) is 0. The third kappa shape index (κ3) is 4.02. The van der Waals surface area contributed by atoms with Crippen molar-refractivity contribution in [3.63, 3.8) is 0 Å². The highest BCUT2D eigenvalue weighted by Crippen LogP contribution is 2.11. The molecule has 1 aliphatic heterocycles. The molecule has 4 heteroatoms. The average molecular weight is 253 g/mol. The molecule has 2 rings (SSSR count). The zero-order chi connectivity index (χ0) is 12.1. The van der Waals surface area contributed by atoms with E-state index in [1.807, 2.05) is 24.3 Å². The number of halogens is 1. The smallest absolute Gasteiger partial charge is 0.224 e. The Hall–Kier alpha value is -1.06. The van der Waals surface area contributed by atoms with Gasteiger partial charge in [0.05, 0.1) is 6.42 Å². The molecular weight excluding hydrogens is 236 g/mol. The molecule has 1 heterocycles. The summed E-state index contributed by atoms with van der Waals surface area (Å²) in [5, 5.41) is 6.93. The van der Waals surface area contributed by atoms with E-state index in [0.29, 0.717) is 17.4 Å². The topological polar surface area (TPSA) is 41.1 Å². The van der Waals surface area contributed by atoms with Crippen molar-refractivity contribution in [2.24, 2.45) is 5.92 Å². The molecule has 1 aliphatic rings. The molecule has 0 aromatic heterocycles. The van der Waals surface area contributed by atoms with Crippen LogP contribution in [0.15, 0.2) is 24.3 Å². The van der Waals surface area contributed by atoms with Crippen LogP contribution in [0.25, 0.3) is 0 Å². The SMILES string of the molecule is O=C(Cc1cccc(Cl)c1)NCC1CCNC1. The van der Waals surface area contributed by atoms with Crippen molar-refractivity contribution in [3.05, 3.63) is 34.9 Å². The van der Waals surface area contributed by atoms with Gasteiger partial charge in [0.1, 0.15) is 0 Å². The Bertz CT molecular complexity index is 389. The lowest BCUT2D eigenvalue weighted by atomic mass is 10.1. The molecule has 1 aromatic carbocycles. The van der Waals surface area contributed by atoms with Gasteiger partial charge in [-0.15, -0.1) is 0 Å². The first-order valence-corrected chi connectivity index (χ1v) is 6.33. The fourth-order valence-electron chi connectivity index (χ4n) is 2.04. The van der Waals surface area contributed by atoms with E-state index in [9.17, 15) is 4.79 Å². The van der Waals surface area contributed by atoms with Gasteiger partial charge in [-0.25, -0.2) is 0 Å². The van der Waals surface area contributed by atoms with Crippen LogP contribution in [0.3, 0.4) is 0 Å². The highest BCUT2D eigenvalue weighted by Gasteiger charge is 2.15. The Morgan fingerprint density at radius 3 is 3.12 bits per heavy atom. The molecule has 0 radical (unpaired) electrons. The number of hydrogen-bond donors (Lipinski definition) is 2. The van der Waals surface area contributed by atoms with E-state index in [0.717, 1.165) is 31.6 Å². The second kappa shape index (κ2) is 6.03. The van der Waals surface area contributed by atoms with Crippen molar-refractivity contribution in [1.29, 1.82) is 0 Å². The normalized spacial score (nSPS) is 19.2. The van der Waals surface area contributed by atoms with Crippen molar-refractivity contribution in [1.82, 2.24) is 10.6 Å². The molecule has 17 heavy (non-hydrogen) atoms. The largest absolute Gasteiger partial charge is 0.355 e. The summed E-state index contributed by atoms with van der Waals surface area (Å²) in [6.07, 6.45) is 1.55. The third-order valence-electron chi connectivity index (χ3n) is 3.00. The molecule has 0 bridgehead atoms.